The number of nitrogens with one attached hydrogen (secondary N) is 2. The zero-order chi connectivity index (χ0) is 19.9. The fraction of sp³-hybridized carbons (Fsp3) is 0.579. The number of nitrogens with zero attached hydrogens (tertiary/aromatic N) is 2. The number of carbonyl (C=O) groups excluding carboxylic acids is 3. The molecule has 2 amide bonds. The van der Waals surface area contributed by atoms with Crippen molar-refractivity contribution in [2.75, 3.05) is 26.7 Å². The van der Waals surface area contributed by atoms with Crippen LogP contribution in [0.4, 0.5) is 0 Å². The maximum Gasteiger partial charge on any atom is 0.256 e. The van der Waals surface area contributed by atoms with Crippen LogP contribution in [0.2, 0.25) is 0 Å². The van der Waals surface area contributed by atoms with E-state index in [9.17, 15) is 19.2 Å². The number of fused-ring (bicyclic) bond motifs is 1. The summed E-state index contributed by atoms with van der Waals surface area (Å²) in [4.78, 5) is 50.3. The van der Waals surface area contributed by atoms with E-state index in [1.807, 2.05) is 0 Å². The second-order valence-electron chi connectivity index (χ2n) is 7.68. The summed E-state index contributed by atoms with van der Waals surface area (Å²) in [5.41, 5.74) is 0.349. The van der Waals surface area contributed by atoms with Crippen LogP contribution in [0.5, 0.6) is 0 Å². The molecule has 2 fully saturated rings. The number of hydrogen-bond acceptors (Lipinski definition) is 6. The molecule has 28 heavy (non-hydrogen) atoms. The lowest BCUT2D eigenvalue weighted by Crippen LogP contribution is -2.59. The van der Waals surface area contributed by atoms with Crippen molar-refractivity contribution < 1.29 is 19.1 Å². The summed E-state index contributed by atoms with van der Waals surface area (Å²) >= 11 is 0. The molecule has 3 aliphatic rings. The molecule has 9 nitrogen and oxygen atoms in total. The molecule has 4 heterocycles. The summed E-state index contributed by atoms with van der Waals surface area (Å²) in [6.07, 6.45) is 3.53. The maximum absolute atomic E-state index is 13.1. The Morgan fingerprint density at radius 3 is 2.86 bits per heavy atom. The predicted molar refractivity (Wildman–Crippen MR) is 98.9 cm³/mol. The zero-order valence-corrected chi connectivity index (χ0v) is 15.8. The Kier molecular flexibility index (Phi) is 4.80. The number of aromatic nitrogens is 1. The number of rotatable bonds is 6. The first-order valence-electron chi connectivity index (χ1n) is 9.54. The number of pyridine rings is 1. The van der Waals surface area contributed by atoms with Crippen molar-refractivity contribution in [1.82, 2.24) is 20.1 Å². The van der Waals surface area contributed by atoms with Gasteiger partial charge in [-0.1, -0.05) is 0 Å². The molecule has 4 rings (SSSR count). The molecular weight excluding hydrogens is 364 g/mol. The first kappa shape index (κ1) is 18.8. The van der Waals surface area contributed by atoms with E-state index in [-0.39, 0.29) is 48.4 Å². The van der Waals surface area contributed by atoms with Gasteiger partial charge in [0.15, 0.2) is 0 Å². The lowest BCUT2D eigenvalue weighted by molar-refractivity contribution is -0.125. The molecule has 0 aromatic carbocycles. The average Bonchev–Trinajstić information content (AvgIpc) is 3.26. The van der Waals surface area contributed by atoms with Gasteiger partial charge in [-0.05, 0) is 12.5 Å². The van der Waals surface area contributed by atoms with E-state index in [1.165, 1.54) is 11.9 Å². The Hall–Kier alpha value is -2.52. The summed E-state index contributed by atoms with van der Waals surface area (Å²) in [6, 6.07) is 0.819. The Labute approximate surface area is 162 Å². The van der Waals surface area contributed by atoms with Crippen LogP contribution >= 0.6 is 0 Å². The van der Waals surface area contributed by atoms with Crippen LogP contribution in [-0.4, -0.2) is 66.0 Å². The lowest BCUT2D eigenvalue weighted by atomic mass is 9.92. The Morgan fingerprint density at radius 1 is 1.46 bits per heavy atom. The normalized spacial score (nSPS) is 23.4. The third-order valence-corrected chi connectivity index (χ3v) is 6.00. The smallest absolute Gasteiger partial charge is 0.256 e. The predicted octanol–water partition coefficient (Wildman–Crippen LogP) is -0.799. The van der Waals surface area contributed by atoms with E-state index in [2.05, 4.69) is 10.6 Å². The topological polar surface area (TPSA) is 110 Å². The molecule has 2 N–H and O–H groups in total. The fourth-order valence-electron chi connectivity index (χ4n) is 4.35. The molecule has 1 spiro atoms. The summed E-state index contributed by atoms with van der Waals surface area (Å²) < 4.78 is 7.56. The number of ether oxygens (including phenoxy) is 1. The number of amides is 2. The van der Waals surface area contributed by atoms with E-state index in [0.29, 0.717) is 17.7 Å². The van der Waals surface area contributed by atoms with Gasteiger partial charge in [-0.15, -0.1) is 0 Å². The van der Waals surface area contributed by atoms with Crippen LogP contribution in [0.25, 0.3) is 0 Å². The number of hydrogen-bond donors (Lipinski definition) is 2. The van der Waals surface area contributed by atoms with E-state index in [1.54, 1.807) is 16.8 Å². The van der Waals surface area contributed by atoms with Crippen molar-refractivity contribution in [2.45, 2.75) is 43.5 Å². The molecule has 1 aromatic heterocycles. The van der Waals surface area contributed by atoms with Crippen LogP contribution in [0.3, 0.4) is 0 Å². The van der Waals surface area contributed by atoms with E-state index >= 15 is 0 Å². The minimum absolute atomic E-state index is 0.0612. The molecule has 150 valence electrons. The lowest BCUT2D eigenvalue weighted by Gasteiger charge is -2.38. The van der Waals surface area contributed by atoms with Crippen LogP contribution in [0.15, 0.2) is 17.1 Å². The van der Waals surface area contributed by atoms with Gasteiger partial charge < -0.3 is 29.6 Å². The second kappa shape index (κ2) is 7.14. The van der Waals surface area contributed by atoms with Crippen LogP contribution in [-0.2, 0) is 20.9 Å². The largest absolute Gasteiger partial charge is 0.370 e. The van der Waals surface area contributed by atoms with Crippen molar-refractivity contribution in [3.8, 4) is 0 Å². The molecule has 0 saturated carbocycles. The van der Waals surface area contributed by atoms with Gasteiger partial charge in [0.1, 0.15) is 12.3 Å². The Morgan fingerprint density at radius 2 is 2.25 bits per heavy atom. The minimum Gasteiger partial charge on any atom is -0.370 e. The van der Waals surface area contributed by atoms with Gasteiger partial charge in [0.05, 0.1) is 30.4 Å². The highest BCUT2D eigenvalue weighted by Gasteiger charge is 2.46. The van der Waals surface area contributed by atoms with Crippen molar-refractivity contribution in [3.63, 3.8) is 0 Å². The van der Waals surface area contributed by atoms with E-state index in [4.69, 9.17) is 4.74 Å². The Balaban J connectivity index is 1.60. The SMILES string of the molecule is CNC(=O)C(CCC=O)N1Cc2c(ccn(C3COC4(CNC4)C3)c2=O)C1=O. The van der Waals surface area contributed by atoms with E-state index in [0.717, 1.165) is 25.8 Å². The highest BCUT2D eigenvalue weighted by molar-refractivity contribution is 6.01. The van der Waals surface area contributed by atoms with Crippen LogP contribution < -0.4 is 16.2 Å². The molecule has 1 aromatic rings. The van der Waals surface area contributed by atoms with Gasteiger partial charge in [0, 0.05) is 44.7 Å². The number of aldehydes is 1. The molecular formula is C19H24N4O5. The third-order valence-electron chi connectivity index (χ3n) is 6.00. The molecule has 0 aliphatic carbocycles. The summed E-state index contributed by atoms with van der Waals surface area (Å²) in [5.74, 6) is -0.687. The van der Waals surface area contributed by atoms with Gasteiger partial charge in [-0.25, -0.2) is 0 Å². The zero-order valence-electron chi connectivity index (χ0n) is 15.8. The molecule has 2 atom stereocenters. The minimum atomic E-state index is -0.776. The van der Waals surface area contributed by atoms with Crippen molar-refractivity contribution in [3.05, 3.63) is 33.7 Å². The van der Waals surface area contributed by atoms with Crippen molar-refractivity contribution in [1.29, 1.82) is 0 Å². The monoisotopic (exact) mass is 388 g/mol. The molecule has 0 bridgehead atoms. The molecule has 0 radical (unpaired) electrons. The molecule has 2 unspecified atom stereocenters. The fourth-order valence-corrected chi connectivity index (χ4v) is 4.35. The summed E-state index contributed by atoms with van der Waals surface area (Å²) in [5, 5.41) is 5.74. The number of carbonyl (C=O) groups is 3. The third kappa shape index (κ3) is 2.94. The van der Waals surface area contributed by atoms with Crippen LogP contribution in [0, 0.1) is 0 Å². The highest BCUT2D eigenvalue weighted by atomic mass is 16.5. The summed E-state index contributed by atoms with van der Waals surface area (Å²) in [6.45, 7) is 2.13. The second-order valence-corrected chi connectivity index (χ2v) is 7.68. The summed E-state index contributed by atoms with van der Waals surface area (Å²) in [7, 11) is 1.49. The van der Waals surface area contributed by atoms with Gasteiger partial charge >= 0.3 is 0 Å². The van der Waals surface area contributed by atoms with Gasteiger partial charge in [0.25, 0.3) is 11.5 Å². The van der Waals surface area contributed by atoms with Crippen molar-refractivity contribution >= 4 is 18.1 Å². The molecule has 9 heteroatoms. The van der Waals surface area contributed by atoms with Crippen LogP contribution in [0.1, 0.15) is 41.2 Å². The van der Waals surface area contributed by atoms with Gasteiger partial charge in [-0.3, -0.25) is 14.4 Å². The first-order chi connectivity index (χ1) is 13.5. The standard InChI is InChI=1S/C19H24N4O5/c1-20-16(25)15(3-2-6-24)23-8-14-13(17(23)26)4-5-22(18(14)27)12-7-19(28-9-12)10-21-11-19/h4-6,12,15,21H,2-3,7-11H2,1H3,(H,20,25). The number of likely N-dealkylation sites (N-methyl/N-ethyl adjacent to an activating group) is 1. The quantitative estimate of drug-likeness (QED) is 0.618. The maximum atomic E-state index is 13.1. The van der Waals surface area contributed by atoms with Gasteiger partial charge in [-0.2, -0.15) is 0 Å². The average molecular weight is 388 g/mol. The van der Waals surface area contributed by atoms with Gasteiger partial charge in [0.2, 0.25) is 5.91 Å². The van der Waals surface area contributed by atoms with Crippen molar-refractivity contribution in [2.24, 2.45) is 0 Å². The Bertz CT molecular complexity index is 876. The van der Waals surface area contributed by atoms with E-state index < -0.39 is 6.04 Å². The molecule has 3 aliphatic heterocycles. The highest BCUT2D eigenvalue weighted by Crippen LogP contribution is 2.35. The first-order valence-corrected chi connectivity index (χ1v) is 9.54. The molecule has 2 saturated heterocycles.